The number of aliphatic hydroxyl groups excluding tert-OH is 1. The molecular formula is C21H26F3N4O4. The maximum absolute atomic E-state index is 12.4. The zero-order chi connectivity index (χ0) is 22.7. The number of aromatic nitrogens is 2. The van der Waals surface area contributed by atoms with Gasteiger partial charge in [-0.05, 0) is 36.5 Å². The molecule has 32 heavy (non-hydrogen) atoms. The highest BCUT2D eigenvalue weighted by atomic mass is 19.4. The van der Waals surface area contributed by atoms with Gasteiger partial charge in [0.1, 0.15) is 5.75 Å². The number of hydrogen-bond donors (Lipinski definition) is 1. The zero-order valence-corrected chi connectivity index (χ0v) is 17.7. The molecule has 1 aromatic carbocycles. The Hall–Kier alpha value is -2.21. The van der Waals surface area contributed by atoms with Gasteiger partial charge in [0.05, 0.1) is 24.8 Å². The summed E-state index contributed by atoms with van der Waals surface area (Å²) < 4.78 is 51.9. The molecule has 0 spiro atoms. The number of methoxy groups -OCH3 is 1. The minimum absolute atomic E-state index is 0.0157. The second kappa shape index (κ2) is 9.74. The van der Waals surface area contributed by atoms with Crippen molar-refractivity contribution >= 4 is 0 Å². The molecule has 0 saturated carbocycles. The fraction of sp³-hybridized carbons (Fsp3) is 0.619. The number of aliphatic hydroxyl groups is 1. The Bertz CT molecular complexity index is 877. The van der Waals surface area contributed by atoms with Crippen LogP contribution in [0.15, 0.2) is 28.8 Å². The molecule has 4 rings (SSSR count). The van der Waals surface area contributed by atoms with Gasteiger partial charge >= 0.3 is 6.36 Å². The van der Waals surface area contributed by atoms with E-state index in [1.54, 1.807) is 19.2 Å². The lowest BCUT2D eigenvalue weighted by Crippen LogP contribution is -2.49. The van der Waals surface area contributed by atoms with Crippen LogP contribution in [0, 0.1) is 0 Å². The van der Waals surface area contributed by atoms with E-state index in [2.05, 4.69) is 19.8 Å². The third kappa shape index (κ3) is 5.58. The van der Waals surface area contributed by atoms with E-state index in [-0.39, 0.29) is 29.9 Å². The average molecular weight is 455 g/mol. The quantitative estimate of drug-likeness (QED) is 0.685. The van der Waals surface area contributed by atoms with E-state index in [9.17, 15) is 18.3 Å². The van der Waals surface area contributed by atoms with Crippen LogP contribution in [0.4, 0.5) is 13.2 Å². The Labute approximate surface area is 183 Å². The predicted octanol–water partition coefficient (Wildman–Crippen LogP) is 2.43. The van der Waals surface area contributed by atoms with Crippen molar-refractivity contribution in [3.63, 3.8) is 0 Å². The summed E-state index contributed by atoms with van der Waals surface area (Å²) in [5.41, 5.74) is 0.868. The van der Waals surface area contributed by atoms with Crippen molar-refractivity contribution in [1.29, 1.82) is 0 Å². The first-order valence-electron chi connectivity index (χ1n) is 10.6. The number of alkyl halides is 3. The topological polar surface area (TPSA) is 95.0 Å². The number of benzene rings is 1. The molecule has 0 bridgehead atoms. The summed E-state index contributed by atoms with van der Waals surface area (Å²) in [6.45, 7) is 2.25. The second-order valence-electron chi connectivity index (χ2n) is 8.16. The molecule has 0 aliphatic carbocycles. The number of halogens is 3. The van der Waals surface area contributed by atoms with Crippen LogP contribution in [0.5, 0.6) is 5.75 Å². The normalized spacial score (nSPS) is 27.0. The largest absolute Gasteiger partial charge is 0.573 e. The van der Waals surface area contributed by atoms with Gasteiger partial charge in [-0.3, -0.25) is 4.90 Å². The molecule has 1 radical (unpaired) electrons. The van der Waals surface area contributed by atoms with Gasteiger partial charge in [-0.15, -0.1) is 13.2 Å². The zero-order valence-electron chi connectivity index (χ0n) is 17.7. The van der Waals surface area contributed by atoms with E-state index in [1.807, 2.05) is 0 Å². The number of ether oxygens (including phenoxy) is 2. The first-order valence-corrected chi connectivity index (χ1v) is 10.6. The Kier molecular flexibility index (Phi) is 6.99. The summed E-state index contributed by atoms with van der Waals surface area (Å²) in [5.74, 6) is 0.576. The van der Waals surface area contributed by atoms with Gasteiger partial charge in [0.15, 0.2) is 5.82 Å². The van der Waals surface area contributed by atoms with E-state index in [0.29, 0.717) is 50.7 Å². The Morgan fingerprint density at radius 3 is 2.69 bits per heavy atom. The van der Waals surface area contributed by atoms with Crippen LogP contribution in [-0.2, 0) is 11.2 Å². The lowest BCUT2D eigenvalue weighted by Gasteiger charge is -2.39. The highest BCUT2D eigenvalue weighted by Crippen LogP contribution is 2.38. The molecule has 2 aliphatic heterocycles. The van der Waals surface area contributed by atoms with Gasteiger partial charge in [0.2, 0.25) is 5.89 Å². The minimum atomic E-state index is -4.72. The molecule has 11 heteroatoms. The maximum Gasteiger partial charge on any atom is 0.573 e. The summed E-state index contributed by atoms with van der Waals surface area (Å²) in [6, 6.07) is 5.90. The lowest BCUT2D eigenvalue weighted by molar-refractivity contribution is -0.274. The van der Waals surface area contributed by atoms with E-state index in [0.717, 1.165) is 12.1 Å². The van der Waals surface area contributed by atoms with Crippen molar-refractivity contribution in [3.8, 4) is 5.75 Å². The van der Waals surface area contributed by atoms with Crippen molar-refractivity contribution in [2.75, 3.05) is 33.4 Å². The molecule has 175 valence electrons. The van der Waals surface area contributed by atoms with Crippen LogP contribution in [-0.4, -0.2) is 72.1 Å². The van der Waals surface area contributed by atoms with Crippen molar-refractivity contribution in [2.24, 2.45) is 0 Å². The lowest BCUT2D eigenvalue weighted by atomic mass is 9.83. The van der Waals surface area contributed by atoms with Crippen LogP contribution in [0.2, 0.25) is 0 Å². The highest BCUT2D eigenvalue weighted by molar-refractivity contribution is 5.30. The Morgan fingerprint density at radius 2 is 2.03 bits per heavy atom. The van der Waals surface area contributed by atoms with Crippen molar-refractivity contribution in [1.82, 2.24) is 20.4 Å². The minimum Gasteiger partial charge on any atom is -0.406 e. The van der Waals surface area contributed by atoms with Crippen LogP contribution in [0.1, 0.15) is 42.0 Å². The predicted molar refractivity (Wildman–Crippen MR) is 106 cm³/mol. The molecule has 0 amide bonds. The number of nitrogens with zero attached hydrogens (tertiary/aromatic N) is 4. The third-order valence-corrected chi connectivity index (χ3v) is 5.90. The monoisotopic (exact) mass is 455 g/mol. The molecular weight excluding hydrogens is 429 g/mol. The fourth-order valence-electron chi connectivity index (χ4n) is 4.37. The number of piperidine rings is 1. The molecule has 4 atom stereocenters. The van der Waals surface area contributed by atoms with Gasteiger partial charge in [-0.2, -0.15) is 4.98 Å². The smallest absolute Gasteiger partial charge is 0.406 e. The van der Waals surface area contributed by atoms with Crippen molar-refractivity contribution in [3.05, 3.63) is 41.5 Å². The molecule has 2 aliphatic rings. The molecule has 4 unspecified atom stereocenters. The average Bonchev–Trinajstić information content (AvgIpc) is 3.40. The van der Waals surface area contributed by atoms with Crippen LogP contribution >= 0.6 is 0 Å². The van der Waals surface area contributed by atoms with Gasteiger partial charge in [0, 0.05) is 33.2 Å². The molecule has 1 aromatic heterocycles. The molecule has 3 heterocycles. The summed E-state index contributed by atoms with van der Waals surface area (Å²) in [4.78, 5) is 6.67. The molecule has 8 nitrogen and oxygen atoms in total. The summed E-state index contributed by atoms with van der Waals surface area (Å²) in [6.07, 6.45) is -3.45. The Morgan fingerprint density at radius 1 is 1.25 bits per heavy atom. The van der Waals surface area contributed by atoms with Crippen LogP contribution < -0.4 is 10.1 Å². The SMILES string of the molecule is COCCc1noc(C2CC(c3ccc(OC(F)(F)F)cc3)C[N]C2N2CCC(O)C2)n1. The Balaban J connectivity index is 1.52. The number of β-amino-alcohol motifs (C(OH)–C–C–N with tert-alkyl or cyclic N) is 1. The number of rotatable bonds is 7. The van der Waals surface area contributed by atoms with Gasteiger partial charge in [-0.25, -0.2) is 5.32 Å². The summed E-state index contributed by atoms with van der Waals surface area (Å²) in [5, 5.41) is 18.9. The summed E-state index contributed by atoms with van der Waals surface area (Å²) >= 11 is 0. The standard InChI is InChI=1S/C21H26F3N4O4/c1-30-9-7-18-26-20(32-27-18)17-10-14(11-25-19(17)28-8-6-15(29)12-28)13-2-4-16(5-3-13)31-21(22,23)24/h2-5,14-15,17,19,29H,6-12H2,1H3. The van der Waals surface area contributed by atoms with Gasteiger partial charge in [0.25, 0.3) is 0 Å². The van der Waals surface area contributed by atoms with E-state index < -0.39 is 6.36 Å². The molecule has 2 fully saturated rings. The van der Waals surface area contributed by atoms with E-state index in [4.69, 9.17) is 14.6 Å². The highest BCUT2D eigenvalue weighted by Gasteiger charge is 2.41. The number of likely N-dealkylation sites (tertiary alicyclic amines) is 1. The van der Waals surface area contributed by atoms with Crippen LogP contribution in [0.3, 0.4) is 0 Å². The maximum atomic E-state index is 12.4. The number of hydrogen-bond acceptors (Lipinski definition) is 7. The second-order valence-corrected chi connectivity index (χ2v) is 8.16. The van der Waals surface area contributed by atoms with E-state index in [1.165, 1.54) is 12.1 Å². The third-order valence-electron chi connectivity index (χ3n) is 5.90. The van der Waals surface area contributed by atoms with Crippen molar-refractivity contribution in [2.45, 2.75) is 49.7 Å². The van der Waals surface area contributed by atoms with Gasteiger partial charge in [-0.1, -0.05) is 17.3 Å². The molecule has 2 aromatic rings. The first kappa shape index (κ1) is 23.0. The molecule has 1 N–H and O–H groups in total. The van der Waals surface area contributed by atoms with E-state index >= 15 is 0 Å². The summed E-state index contributed by atoms with van der Waals surface area (Å²) in [7, 11) is 1.60. The molecule has 2 saturated heterocycles. The first-order chi connectivity index (χ1) is 15.3. The van der Waals surface area contributed by atoms with Gasteiger partial charge < -0.3 is 19.1 Å². The van der Waals surface area contributed by atoms with Crippen LogP contribution in [0.25, 0.3) is 0 Å². The fourth-order valence-corrected chi connectivity index (χ4v) is 4.37. The van der Waals surface area contributed by atoms with Crippen molar-refractivity contribution < 1.29 is 32.3 Å².